The fourth-order valence-corrected chi connectivity index (χ4v) is 3.45. The quantitative estimate of drug-likeness (QED) is 0.526. The first kappa shape index (κ1) is 21.0. The fourth-order valence-electron chi connectivity index (χ4n) is 2.85. The van der Waals surface area contributed by atoms with Crippen LogP contribution in [-0.2, 0) is 11.4 Å². The molecule has 1 N–H and O–H groups in total. The molecule has 4 rings (SSSR count). The molecule has 0 saturated carbocycles. The van der Waals surface area contributed by atoms with E-state index in [1.807, 2.05) is 25.1 Å². The van der Waals surface area contributed by atoms with Crippen molar-refractivity contribution < 1.29 is 27.8 Å². The summed E-state index contributed by atoms with van der Waals surface area (Å²) in [7, 11) is 0. The molecule has 2 aromatic carbocycles. The molecule has 0 radical (unpaired) electrons. The van der Waals surface area contributed by atoms with E-state index < -0.39 is 0 Å². The monoisotopic (exact) mass is 445 g/mol. The van der Waals surface area contributed by atoms with Gasteiger partial charge in [0.1, 0.15) is 24.8 Å². The zero-order chi connectivity index (χ0) is 21.6. The van der Waals surface area contributed by atoms with E-state index in [4.69, 9.17) is 18.6 Å². The number of hydrogen-bond acceptors (Lipinski definition) is 8. The predicted octanol–water partition coefficient (Wildman–Crippen LogP) is 3.53. The largest absolute Gasteiger partial charge is 0.486 e. The summed E-state index contributed by atoms with van der Waals surface area (Å²) in [6.07, 6.45) is 0. The van der Waals surface area contributed by atoms with E-state index in [-0.39, 0.29) is 41.2 Å². The van der Waals surface area contributed by atoms with E-state index >= 15 is 0 Å². The van der Waals surface area contributed by atoms with Gasteiger partial charge in [-0.3, -0.25) is 4.79 Å². The van der Waals surface area contributed by atoms with Crippen LogP contribution in [0.25, 0.3) is 0 Å². The molecular formula is C21H20FN3O5S. The number of thioether (sulfide) groups is 1. The highest BCUT2D eigenvalue weighted by Crippen LogP contribution is 2.32. The Balaban J connectivity index is 1.24. The third-order valence-electron chi connectivity index (χ3n) is 4.39. The molecule has 3 aromatic rings. The van der Waals surface area contributed by atoms with E-state index in [0.717, 1.165) is 17.3 Å². The third-order valence-corrected chi connectivity index (χ3v) is 5.21. The molecule has 2 heterocycles. The maximum absolute atomic E-state index is 12.9. The molecule has 0 saturated heterocycles. The van der Waals surface area contributed by atoms with Gasteiger partial charge in [0.05, 0.1) is 11.8 Å². The molecule has 10 heteroatoms. The van der Waals surface area contributed by atoms with Crippen LogP contribution in [0.5, 0.6) is 17.2 Å². The van der Waals surface area contributed by atoms with Crippen molar-refractivity contribution in [2.75, 3.05) is 19.0 Å². The molecule has 1 aliphatic rings. The Morgan fingerprint density at radius 3 is 2.74 bits per heavy atom. The maximum Gasteiger partial charge on any atom is 0.277 e. The van der Waals surface area contributed by atoms with E-state index in [1.165, 1.54) is 24.3 Å². The highest BCUT2D eigenvalue weighted by molar-refractivity contribution is 7.99. The van der Waals surface area contributed by atoms with Crippen LogP contribution in [0.4, 0.5) is 4.39 Å². The summed E-state index contributed by atoms with van der Waals surface area (Å²) in [5.74, 6) is 1.74. The second-order valence-electron chi connectivity index (χ2n) is 6.69. The Hall–Kier alpha value is -3.27. The Morgan fingerprint density at radius 2 is 1.94 bits per heavy atom. The predicted molar refractivity (Wildman–Crippen MR) is 110 cm³/mol. The number of carbonyl (C=O) groups excluding carboxylic acids is 1. The van der Waals surface area contributed by atoms with Crippen molar-refractivity contribution in [2.24, 2.45) is 0 Å². The zero-order valence-electron chi connectivity index (χ0n) is 16.7. The second kappa shape index (κ2) is 9.69. The summed E-state index contributed by atoms with van der Waals surface area (Å²) in [6.45, 7) is 2.98. The molecule has 1 aromatic heterocycles. The third kappa shape index (κ3) is 5.66. The Kier molecular flexibility index (Phi) is 6.56. The van der Waals surface area contributed by atoms with Crippen LogP contribution in [0.2, 0.25) is 0 Å². The number of ether oxygens (including phenoxy) is 3. The van der Waals surface area contributed by atoms with Crippen LogP contribution in [0, 0.1) is 5.82 Å². The van der Waals surface area contributed by atoms with Gasteiger partial charge in [-0.15, -0.1) is 10.2 Å². The highest BCUT2D eigenvalue weighted by atomic mass is 32.2. The standard InChI is InChI=1S/C21H20FN3O5S/c1-13(14-2-7-17-18(10-14)28-9-8-27-17)23-19(26)12-31-21-25-24-20(30-21)11-29-16-5-3-15(22)4-6-16/h2-7,10,13H,8-9,11-12H2,1H3,(H,23,26)/t13-/m0/s1. The van der Waals surface area contributed by atoms with E-state index in [9.17, 15) is 9.18 Å². The lowest BCUT2D eigenvalue weighted by Crippen LogP contribution is -2.28. The number of halogens is 1. The Bertz CT molecular complexity index is 1040. The van der Waals surface area contributed by atoms with Crippen LogP contribution >= 0.6 is 11.8 Å². The van der Waals surface area contributed by atoms with Crippen molar-refractivity contribution >= 4 is 17.7 Å². The van der Waals surface area contributed by atoms with Gasteiger partial charge in [0.2, 0.25) is 5.91 Å². The SMILES string of the molecule is C[C@H](NC(=O)CSc1nnc(COc2ccc(F)cc2)o1)c1ccc2c(c1)OCCO2. The minimum Gasteiger partial charge on any atom is -0.486 e. The molecule has 162 valence electrons. The summed E-state index contributed by atoms with van der Waals surface area (Å²) < 4.78 is 34.9. The van der Waals surface area contributed by atoms with Crippen LogP contribution in [-0.4, -0.2) is 35.1 Å². The van der Waals surface area contributed by atoms with Crippen LogP contribution < -0.4 is 19.5 Å². The Labute approximate surface area is 182 Å². The van der Waals surface area contributed by atoms with Crippen molar-refractivity contribution in [3.8, 4) is 17.2 Å². The number of hydrogen-bond donors (Lipinski definition) is 1. The van der Waals surface area contributed by atoms with E-state index in [2.05, 4.69) is 15.5 Å². The molecule has 1 aliphatic heterocycles. The normalized spacial score (nSPS) is 13.5. The topological polar surface area (TPSA) is 95.7 Å². The minimum absolute atomic E-state index is 0.0482. The van der Waals surface area contributed by atoms with E-state index in [1.54, 1.807) is 0 Å². The number of nitrogens with one attached hydrogen (secondary N) is 1. The van der Waals surface area contributed by atoms with Crippen molar-refractivity contribution in [1.82, 2.24) is 15.5 Å². The molecule has 0 unspecified atom stereocenters. The maximum atomic E-state index is 12.9. The zero-order valence-corrected chi connectivity index (χ0v) is 17.5. The van der Waals surface area contributed by atoms with Gasteiger partial charge in [-0.2, -0.15) is 0 Å². The lowest BCUT2D eigenvalue weighted by Gasteiger charge is -2.21. The Morgan fingerprint density at radius 1 is 1.16 bits per heavy atom. The number of fused-ring (bicyclic) bond motifs is 1. The molecule has 31 heavy (non-hydrogen) atoms. The summed E-state index contributed by atoms with van der Waals surface area (Å²) >= 11 is 1.13. The fraction of sp³-hybridized carbons (Fsp3) is 0.286. The summed E-state index contributed by atoms with van der Waals surface area (Å²) in [5.41, 5.74) is 0.917. The summed E-state index contributed by atoms with van der Waals surface area (Å²) in [5, 5.41) is 11.0. The van der Waals surface area contributed by atoms with Gasteiger partial charge in [0, 0.05) is 0 Å². The van der Waals surface area contributed by atoms with Crippen molar-refractivity contribution in [1.29, 1.82) is 0 Å². The van der Waals surface area contributed by atoms with Gasteiger partial charge in [0.15, 0.2) is 18.1 Å². The van der Waals surface area contributed by atoms with Gasteiger partial charge in [-0.25, -0.2) is 4.39 Å². The second-order valence-corrected chi connectivity index (χ2v) is 7.61. The van der Waals surface area contributed by atoms with Crippen LogP contribution in [0.15, 0.2) is 52.1 Å². The smallest absolute Gasteiger partial charge is 0.277 e. The summed E-state index contributed by atoms with van der Waals surface area (Å²) in [6, 6.07) is 11.0. The van der Waals surface area contributed by atoms with Crippen molar-refractivity contribution in [2.45, 2.75) is 24.8 Å². The molecule has 0 spiro atoms. The van der Waals surface area contributed by atoms with E-state index in [0.29, 0.717) is 30.5 Å². The minimum atomic E-state index is -0.342. The number of carbonyl (C=O) groups is 1. The number of aromatic nitrogens is 2. The summed E-state index contributed by atoms with van der Waals surface area (Å²) in [4.78, 5) is 12.3. The van der Waals surface area contributed by atoms with Gasteiger partial charge in [-0.1, -0.05) is 17.8 Å². The van der Waals surface area contributed by atoms with Crippen LogP contribution in [0.1, 0.15) is 24.4 Å². The molecule has 1 atom stereocenters. The first-order valence-corrected chi connectivity index (χ1v) is 10.6. The first-order valence-electron chi connectivity index (χ1n) is 9.59. The van der Waals surface area contributed by atoms with Crippen molar-refractivity contribution in [3.05, 3.63) is 59.7 Å². The average molecular weight is 445 g/mol. The number of rotatable bonds is 8. The molecule has 0 fully saturated rings. The van der Waals surface area contributed by atoms with Gasteiger partial charge in [0.25, 0.3) is 11.1 Å². The molecular weight excluding hydrogens is 425 g/mol. The lowest BCUT2D eigenvalue weighted by atomic mass is 10.1. The van der Waals surface area contributed by atoms with Crippen LogP contribution in [0.3, 0.4) is 0 Å². The number of amides is 1. The van der Waals surface area contributed by atoms with Gasteiger partial charge >= 0.3 is 0 Å². The number of benzene rings is 2. The lowest BCUT2D eigenvalue weighted by molar-refractivity contribution is -0.119. The van der Waals surface area contributed by atoms with Gasteiger partial charge < -0.3 is 23.9 Å². The highest BCUT2D eigenvalue weighted by Gasteiger charge is 2.17. The molecule has 1 amide bonds. The molecule has 0 bridgehead atoms. The van der Waals surface area contributed by atoms with Gasteiger partial charge in [-0.05, 0) is 48.9 Å². The first-order chi connectivity index (χ1) is 15.1. The van der Waals surface area contributed by atoms with Crippen molar-refractivity contribution in [3.63, 3.8) is 0 Å². The number of nitrogens with zero attached hydrogens (tertiary/aromatic N) is 2. The molecule has 8 nitrogen and oxygen atoms in total. The molecule has 0 aliphatic carbocycles. The average Bonchev–Trinajstić information content (AvgIpc) is 3.25.